The number of carbonyl (C=O) groups excluding carboxylic acids is 3. The van der Waals surface area contributed by atoms with E-state index in [4.69, 9.17) is 4.74 Å². The summed E-state index contributed by atoms with van der Waals surface area (Å²) in [7, 11) is 1.65. The molecular weight excluding hydrogens is 416 g/mol. The standard InChI is InChI=1S/C27H30N2O4/c1-17-8-3-4-9-18(17)25(30)28-15-14-20-19(12-7-13-24(20)33-2)23(28)16-29-26(31)21-10-5-6-11-22(21)27(29)32/h5-7,10-13,17-18,23H,3-4,8-9,14-16H2,1-2H3. The number of hydrogen-bond acceptors (Lipinski definition) is 4. The second-order valence-corrected chi connectivity index (χ2v) is 9.46. The highest BCUT2D eigenvalue weighted by Gasteiger charge is 2.42. The number of benzene rings is 2. The van der Waals surface area contributed by atoms with Gasteiger partial charge in [-0.2, -0.15) is 0 Å². The van der Waals surface area contributed by atoms with Crippen molar-refractivity contribution in [2.45, 2.75) is 45.1 Å². The summed E-state index contributed by atoms with van der Waals surface area (Å²) in [4.78, 5) is 43.3. The molecule has 2 aromatic rings. The summed E-state index contributed by atoms with van der Waals surface area (Å²) < 4.78 is 5.60. The Hall–Kier alpha value is -3.15. The first-order chi connectivity index (χ1) is 16.0. The predicted octanol–water partition coefficient (Wildman–Crippen LogP) is 4.24. The van der Waals surface area contributed by atoms with Crippen LogP contribution in [0.25, 0.3) is 0 Å². The zero-order valence-electron chi connectivity index (χ0n) is 19.3. The molecule has 2 aromatic carbocycles. The van der Waals surface area contributed by atoms with Crippen LogP contribution in [0.4, 0.5) is 0 Å². The van der Waals surface area contributed by atoms with Crippen LogP contribution >= 0.6 is 0 Å². The van der Waals surface area contributed by atoms with Gasteiger partial charge in [0.25, 0.3) is 11.8 Å². The Morgan fingerprint density at radius 1 is 1.00 bits per heavy atom. The average Bonchev–Trinajstić information content (AvgIpc) is 3.08. The molecule has 33 heavy (non-hydrogen) atoms. The minimum Gasteiger partial charge on any atom is -0.496 e. The predicted molar refractivity (Wildman–Crippen MR) is 124 cm³/mol. The van der Waals surface area contributed by atoms with Gasteiger partial charge in [0.1, 0.15) is 5.75 Å². The number of nitrogens with zero attached hydrogens (tertiary/aromatic N) is 2. The quantitative estimate of drug-likeness (QED) is 0.659. The molecule has 3 atom stereocenters. The molecule has 1 fully saturated rings. The van der Waals surface area contributed by atoms with Gasteiger partial charge in [0.15, 0.2) is 0 Å². The van der Waals surface area contributed by atoms with E-state index in [9.17, 15) is 14.4 Å². The fraction of sp³-hybridized carbons (Fsp3) is 0.444. The van der Waals surface area contributed by atoms with E-state index < -0.39 is 0 Å². The van der Waals surface area contributed by atoms with Gasteiger partial charge in [-0.15, -0.1) is 0 Å². The van der Waals surface area contributed by atoms with Crippen LogP contribution in [0.3, 0.4) is 0 Å². The summed E-state index contributed by atoms with van der Waals surface area (Å²) in [6.45, 7) is 2.88. The number of imide groups is 1. The third kappa shape index (κ3) is 3.62. The van der Waals surface area contributed by atoms with Crippen LogP contribution < -0.4 is 4.74 Å². The normalized spacial score (nSPS) is 24.5. The number of fused-ring (bicyclic) bond motifs is 2. The Labute approximate surface area is 194 Å². The molecule has 6 nitrogen and oxygen atoms in total. The molecule has 0 bridgehead atoms. The van der Waals surface area contributed by atoms with E-state index in [2.05, 4.69) is 6.92 Å². The number of rotatable bonds is 4. The topological polar surface area (TPSA) is 66.9 Å². The molecule has 0 saturated heterocycles. The van der Waals surface area contributed by atoms with E-state index in [0.717, 1.165) is 36.1 Å². The average molecular weight is 447 g/mol. The summed E-state index contributed by atoms with van der Waals surface area (Å²) in [5, 5.41) is 0. The van der Waals surface area contributed by atoms with Gasteiger partial charge < -0.3 is 9.64 Å². The first-order valence-corrected chi connectivity index (χ1v) is 11.9. The van der Waals surface area contributed by atoms with Crippen LogP contribution in [0.15, 0.2) is 42.5 Å². The Kier molecular flexibility index (Phi) is 5.69. The highest BCUT2D eigenvalue weighted by Crippen LogP contribution is 2.40. The van der Waals surface area contributed by atoms with Crippen LogP contribution in [-0.2, 0) is 11.2 Å². The maximum Gasteiger partial charge on any atom is 0.261 e. The molecular formula is C27H30N2O4. The summed E-state index contributed by atoms with van der Waals surface area (Å²) in [5.41, 5.74) is 2.89. The maximum atomic E-state index is 13.8. The lowest BCUT2D eigenvalue weighted by atomic mass is 9.78. The van der Waals surface area contributed by atoms with Gasteiger partial charge in [-0.3, -0.25) is 19.3 Å². The van der Waals surface area contributed by atoms with Crippen LogP contribution in [0.1, 0.15) is 70.5 Å². The summed E-state index contributed by atoms with van der Waals surface area (Å²) in [6, 6.07) is 12.4. The summed E-state index contributed by atoms with van der Waals surface area (Å²) >= 11 is 0. The zero-order chi connectivity index (χ0) is 23.1. The van der Waals surface area contributed by atoms with Crippen LogP contribution in [-0.4, -0.2) is 47.7 Å². The highest BCUT2D eigenvalue weighted by atomic mass is 16.5. The van der Waals surface area contributed by atoms with Crippen molar-refractivity contribution in [3.05, 3.63) is 64.7 Å². The second-order valence-electron chi connectivity index (χ2n) is 9.46. The van der Waals surface area contributed by atoms with Crippen molar-refractivity contribution in [3.63, 3.8) is 0 Å². The molecule has 5 rings (SSSR count). The second kappa shape index (κ2) is 8.65. The molecule has 2 aliphatic heterocycles. The molecule has 3 aliphatic rings. The van der Waals surface area contributed by atoms with Crippen LogP contribution in [0.5, 0.6) is 5.75 Å². The van der Waals surface area contributed by atoms with Crippen molar-refractivity contribution in [1.29, 1.82) is 0 Å². The SMILES string of the molecule is COc1cccc2c1CCN(C(=O)C1CCCCC1C)C2CN1C(=O)c2ccccc2C1=O. The molecule has 0 N–H and O–H groups in total. The molecule has 1 aliphatic carbocycles. The maximum absolute atomic E-state index is 13.8. The molecule has 3 unspecified atom stereocenters. The monoisotopic (exact) mass is 446 g/mol. The van der Waals surface area contributed by atoms with E-state index in [1.54, 1.807) is 31.4 Å². The van der Waals surface area contributed by atoms with Gasteiger partial charge in [0.05, 0.1) is 30.8 Å². The number of carbonyl (C=O) groups is 3. The van der Waals surface area contributed by atoms with Crippen molar-refractivity contribution in [3.8, 4) is 5.75 Å². The van der Waals surface area contributed by atoms with Crippen molar-refractivity contribution in [2.75, 3.05) is 20.2 Å². The molecule has 3 amide bonds. The van der Waals surface area contributed by atoms with Gasteiger partial charge in [-0.05, 0) is 48.9 Å². The van der Waals surface area contributed by atoms with Gasteiger partial charge >= 0.3 is 0 Å². The molecule has 172 valence electrons. The van der Waals surface area contributed by atoms with Gasteiger partial charge in [-0.1, -0.05) is 44.0 Å². The minimum atomic E-state index is -0.382. The minimum absolute atomic E-state index is 0.00409. The summed E-state index contributed by atoms with van der Waals surface area (Å²) in [6.07, 6.45) is 4.91. The third-order valence-corrected chi connectivity index (χ3v) is 7.67. The van der Waals surface area contributed by atoms with Crippen molar-refractivity contribution < 1.29 is 19.1 Å². The van der Waals surface area contributed by atoms with E-state index in [1.807, 2.05) is 23.1 Å². The Morgan fingerprint density at radius 2 is 1.70 bits per heavy atom. The molecule has 0 aromatic heterocycles. The lowest BCUT2D eigenvalue weighted by Gasteiger charge is -2.42. The Bertz CT molecular complexity index is 1080. The molecule has 6 heteroatoms. The number of hydrogen-bond donors (Lipinski definition) is 0. The van der Waals surface area contributed by atoms with Crippen LogP contribution in [0, 0.1) is 11.8 Å². The van der Waals surface area contributed by atoms with Crippen LogP contribution in [0.2, 0.25) is 0 Å². The van der Waals surface area contributed by atoms with E-state index >= 15 is 0 Å². The van der Waals surface area contributed by atoms with Gasteiger partial charge in [0.2, 0.25) is 5.91 Å². The third-order valence-electron chi connectivity index (χ3n) is 7.67. The largest absolute Gasteiger partial charge is 0.496 e. The smallest absolute Gasteiger partial charge is 0.261 e. The van der Waals surface area contributed by atoms with E-state index in [-0.39, 0.29) is 36.2 Å². The number of ether oxygens (including phenoxy) is 1. The van der Waals surface area contributed by atoms with Crippen molar-refractivity contribution >= 4 is 17.7 Å². The number of methoxy groups -OCH3 is 1. The summed E-state index contributed by atoms with van der Waals surface area (Å²) in [5.74, 6) is 0.705. The lowest BCUT2D eigenvalue weighted by molar-refractivity contribution is -0.141. The van der Waals surface area contributed by atoms with Crippen molar-refractivity contribution in [2.24, 2.45) is 11.8 Å². The first kappa shape index (κ1) is 21.7. The zero-order valence-corrected chi connectivity index (χ0v) is 19.3. The van der Waals surface area contributed by atoms with Crippen molar-refractivity contribution in [1.82, 2.24) is 9.80 Å². The first-order valence-electron chi connectivity index (χ1n) is 11.9. The molecule has 0 spiro atoms. The fourth-order valence-corrected chi connectivity index (χ4v) is 5.84. The molecule has 0 radical (unpaired) electrons. The lowest BCUT2D eigenvalue weighted by Crippen LogP contribution is -2.49. The van der Waals surface area contributed by atoms with Gasteiger partial charge in [0, 0.05) is 18.0 Å². The molecule has 2 heterocycles. The Morgan fingerprint density at radius 3 is 2.36 bits per heavy atom. The highest BCUT2D eigenvalue weighted by molar-refractivity contribution is 6.21. The van der Waals surface area contributed by atoms with E-state index in [0.29, 0.717) is 30.0 Å². The van der Waals surface area contributed by atoms with Gasteiger partial charge in [-0.25, -0.2) is 0 Å². The van der Waals surface area contributed by atoms with E-state index in [1.165, 1.54) is 11.3 Å². The Balaban J connectivity index is 1.52. The molecule has 1 saturated carbocycles. The number of amides is 3. The fourth-order valence-electron chi connectivity index (χ4n) is 5.84.